The van der Waals surface area contributed by atoms with E-state index in [1.165, 1.54) is 0 Å². The molecule has 7 heteroatoms. The Morgan fingerprint density at radius 1 is 1.68 bits per heavy atom. The minimum atomic E-state index is -0.884. The molecule has 1 aromatic heterocycles. The number of nitrogens with one attached hydrogen (secondary N) is 1. The Bertz CT molecular complexity index is 487. The van der Waals surface area contributed by atoms with Crippen molar-refractivity contribution in [3.05, 3.63) is 11.9 Å². The fraction of sp³-hybridized carbons (Fsp3) is 0.583. The molecule has 2 rings (SSSR count). The Morgan fingerprint density at radius 3 is 3.11 bits per heavy atom. The van der Waals surface area contributed by atoms with Gasteiger partial charge < -0.3 is 15.0 Å². The van der Waals surface area contributed by atoms with Gasteiger partial charge in [0.1, 0.15) is 6.04 Å². The molecule has 104 valence electrons. The smallest absolute Gasteiger partial charge is 0.313 e. The van der Waals surface area contributed by atoms with Gasteiger partial charge in [0.2, 0.25) is 5.91 Å². The number of carbonyl (C=O) groups is 2. The van der Waals surface area contributed by atoms with Crippen molar-refractivity contribution in [2.24, 2.45) is 0 Å². The second-order valence-corrected chi connectivity index (χ2v) is 5.33. The van der Waals surface area contributed by atoms with Gasteiger partial charge in [-0.05, 0) is 19.3 Å². The molecule has 19 heavy (non-hydrogen) atoms. The number of nitrogens with zero attached hydrogens (tertiary/aromatic N) is 2. The second kappa shape index (κ2) is 6.10. The molecule has 0 saturated carbocycles. The first-order valence-electron chi connectivity index (χ1n) is 6.32. The van der Waals surface area contributed by atoms with E-state index in [-0.39, 0.29) is 17.7 Å². The van der Waals surface area contributed by atoms with Crippen LogP contribution in [0.5, 0.6) is 0 Å². The molecule has 0 aliphatic carbocycles. The molecule has 1 fully saturated rings. The van der Waals surface area contributed by atoms with Crippen molar-refractivity contribution in [2.45, 2.75) is 37.4 Å². The third-order valence-corrected chi connectivity index (χ3v) is 4.05. The Labute approximate surface area is 115 Å². The summed E-state index contributed by atoms with van der Waals surface area (Å²) in [5.74, 6) is -0.934. The molecule has 2 heterocycles. The van der Waals surface area contributed by atoms with E-state index in [0.29, 0.717) is 11.7 Å². The van der Waals surface area contributed by atoms with E-state index in [2.05, 4.69) is 10.3 Å². The van der Waals surface area contributed by atoms with E-state index in [4.69, 9.17) is 5.11 Å². The summed E-state index contributed by atoms with van der Waals surface area (Å²) in [5.41, 5.74) is 0.968. The molecule has 0 radical (unpaired) electrons. The van der Waals surface area contributed by atoms with Crippen molar-refractivity contribution in [1.29, 1.82) is 0 Å². The summed E-state index contributed by atoms with van der Waals surface area (Å²) in [6.45, 7) is 2.71. The predicted molar refractivity (Wildman–Crippen MR) is 71.2 cm³/mol. The number of hydrogen-bond donors (Lipinski definition) is 2. The number of carboxylic acids is 1. The molecule has 1 unspecified atom stereocenters. The van der Waals surface area contributed by atoms with Gasteiger partial charge in [-0.2, -0.15) is 0 Å². The van der Waals surface area contributed by atoms with Crippen LogP contribution >= 0.6 is 11.8 Å². The second-order valence-electron chi connectivity index (χ2n) is 4.39. The van der Waals surface area contributed by atoms with Crippen LogP contribution in [0.15, 0.2) is 11.4 Å². The number of aromatic nitrogens is 2. The van der Waals surface area contributed by atoms with Crippen LogP contribution < -0.4 is 5.32 Å². The topological polar surface area (TPSA) is 84.2 Å². The van der Waals surface area contributed by atoms with Crippen LogP contribution in [0.2, 0.25) is 0 Å². The van der Waals surface area contributed by atoms with E-state index < -0.39 is 5.97 Å². The monoisotopic (exact) mass is 283 g/mol. The minimum Gasteiger partial charge on any atom is -0.481 e. The lowest BCUT2D eigenvalue weighted by Gasteiger charge is -2.25. The molecule has 0 bridgehead atoms. The maximum Gasteiger partial charge on any atom is 0.313 e. The van der Waals surface area contributed by atoms with Crippen LogP contribution in [-0.4, -0.2) is 38.8 Å². The lowest BCUT2D eigenvalue weighted by molar-refractivity contribution is -0.134. The SMILES string of the molecule is CCc1cnc(SCC(=O)O)n1C1CCCNC1=O. The zero-order valence-corrected chi connectivity index (χ0v) is 11.6. The third kappa shape index (κ3) is 3.09. The molecule has 1 amide bonds. The Kier molecular flexibility index (Phi) is 4.47. The van der Waals surface area contributed by atoms with E-state index in [1.54, 1.807) is 6.20 Å². The molecule has 1 atom stereocenters. The fourth-order valence-corrected chi connectivity index (χ4v) is 2.97. The Balaban J connectivity index is 2.27. The molecule has 0 aromatic carbocycles. The van der Waals surface area contributed by atoms with E-state index >= 15 is 0 Å². The first-order chi connectivity index (χ1) is 9.13. The highest BCUT2D eigenvalue weighted by molar-refractivity contribution is 7.99. The highest BCUT2D eigenvalue weighted by Gasteiger charge is 2.27. The van der Waals surface area contributed by atoms with Crippen molar-refractivity contribution in [1.82, 2.24) is 14.9 Å². The third-order valence-electron chi connectivity index (χ3n) is 3.09. The van der Waals surface area contributed by atoms with Gasteiger partial charge in [-0.1, -0.05) is 18.7 Å². The standard InChI is InChI=1S/C12H17N3O3S/c1-2-8-6-14-12(19-7-10(16)17)15(8)9-4-3-5-13-11(9)18/h6,9H,2-5,7H2,1H3,(H,13,18)(H,16,17). The van der Waals surface area contributed by atoms with E-state index in [1.807, 2.05) is 11.5 Å². The van der Waals surface area contributed by atoms with E-state index in [0.717, 1.165) is 36.7 Å². The van der Waals surface area contributed by atoms with Crippen LogP contribution in [0.3, 0.4) is 0 Å². The number of amides is 1. The summed E-state index contributed by atoms with van der Waals surface area (Å²) in [4.78, 5) is 26.9. The number of imidazole rings is 1. The zero-order valence-electron chi connectivity index (χ0n) is 10.8. The molecule has 1 saturated heterocycles. The maximum absolute atomic E-state index is 12.0. The summed E-state index contributed by atoms with van der Waals surface area (Å²) in [6, 6.07) is -0.262. The molecule has 0 spiro atoms. The minimum absolute atomic E-state index is 0.00359. The van der Waals surface area contributed by atoms with Gasteiger partial charge in [-0.3, -0.25) is 9.59 Å². The van der Waals surface area contributed by atoms with Crippen molar-refractivity contribution >= 4 is 23.6 Å². The van der Waals surface area contributed by atoms with Gasteiger partial charge in [0.05, 0.1) is 5.75 Å². The molecule has 1 aliphatic heterocycles. The number of rotatable bonds is 5. The number of aliphatic carboxylic acids is 1. The number of piperidine rings is 1. The van der Waals surface area contributed by atoms with Gasteiger partial charge >= 0.3 is 5.97 Å². The largest absolute Gasteiger partial charge is 0.481 e. The summed E-state index contributed by atoms with van der Waals surface area (Å²) in [5, 5.41) is 12.2. The number of carboxylic acid groups (broad SMARTS) is 1. The molecular formula is C12H17N3O3S. The molecule has 1 aliphatic rings. The van der Waals surface area contributed by atoms with Crippen LogP contribution in [0.1, 0.15) is 31.5 Å². The van der Waals surface area contributed by atoms with Crippen molar-refractivity contribution in [3.63, 3.8) is 0 Å². The Hall–Kier alpha value is -1.50. The molecular weight excluding hydrogens is 266 g/mol. The van der Waals surface area contributed by atoms with Crippen LogP contribution in [-0.2, 0) is 16.0 Å². The predicted octanol–water partition coefficient (Wildman–Crippen LogP) is 1.07. The van der Waals surface area contributed by atoms with Crippen LogP contribution in [0.4, 0.5) is 0 Å². The number of aryl methyl sites for hydroxylation is 1. The lowest BCUT2D eigenvalue weighted by Crippen LogP contribution is -2.38. The van der Waals surface area contributed by atoms with Gasteiger partial charge in [-0.15, -0.1) is 0 Å². The molecule has 1 aromatic rings. The first-order valence-corrected chi connectivity index (χ1v) is 7.30. The normalized spacial score (nSPS) is 19.2. The zero-order chi connectivity index (χ0) is 13.8. The van der Waals surface area contributed by atoms with Crippen molar-refractivity contribution < 1.29 is 14.7 Å². The number of carbonyl (C=O) groups excluding carboxylic acids is 1. The fourth-order valence-electron chi connectivity index (χ4n) is 2.21. The van der Waals surface area contributed by atoms with Crippen LogP contribution in [0.25, 0.3) is 0 Å². The van der Waals surface area contributed by atoms with Gasteiger partial charge in [0.15, 0.2) is 5.16 Å². The highest BCUT2D eigenvalue weighted by Crippen LogP contribution is 2.27. The lowest BCUT2D eigenvalue weighted by atomic mass is 10.1. The van der Waals surface area contributed by atoms with Crippen LogP contribution in [0, 0.1) is 0 Å². The quantitative estimate of drug-likeness (QED) is 0.790. The summed E-state index contributed by atoms with van der Waals surface area (Å²) < 4.78 is 1.89. The summed E-state index contributed by atoms with van der Waals surface area (Å²) in [7, 11) is 0. The van der Waals surface area contributed by atoms with Gasteiger partial charge in [-0.25, -0.2) is 4.98 Å². The average Bonchev–Trinajstić information content (AvgIpc) is 2.79. The van der Waals surface area contributed by atoms with Gasteiger partial charge in [0.25, 0.3) is 0 Å². The average molecular weight is 283 g/mol. The summed E-state index contributed by atoms with van der Waals surface area (Å²) in [6.07, 6.45) is 4.20. The molecule has 2 N–H and O–H groups in total. The summed E-state index contributed by atoms with van der Waals surface area (Å²) >= 11 is 1.16. The highest BCUT2D eigenvalue weighted by atomic mass is 32.2. The molecule has 6 nitrogen and oxygen atoms in total. The Morgan fingerprint density at radius 2 is 2.47 bits per heavy atom. The van der Waals surface area contributed by atoms with Gasteiger partial charge in [0, 0.05) is 18.4 Å². The van der Waals surface area contributed by atoms with Crippen molar-refractivity contribution in [2.75, 3.05) is 12.3 Å². The number of thioether (sulfide) groups is 1. The number of hydrogen-bond acceptors (Lipinski definition) is 4. The maximum atomic E-state index is 12.0. The first kappa shape index (κ1) is 13.9. The van der Waals surface area contributed by atoms with Crippen molar-refractivity contribution in [3.8, 4) is 0 Å². The van der Waals surface area contributed by atoms with E-state index in [9.17, 15) is 9.59 Å².